The average molecular weight is 471 g/mol. The number of aliphatic hydroxyl groups excluding tert-OH is 1. The molecule has 0 saturated heterocycles. The fourth-order valence-electron chi connectivity index (χ4n) is 3.14. The Morgan fingerprint density at radius 2 is 1.88 bits per heavy atom. The summed E-state index contributed by atoms with van der Waals surface area (Å²) >= 11 is 0. The van der Waals surface area contributed by atoms with Gasteiger partial charge >= 0.3 is 6.18 Å². The Balaban J connectivity index is 1.83. The third-order valence-electron chi connectivity index (χ3n) is 4.74. The molecule has 3 aromatic rings. The van der Waals surface area contributed by atoms with Crippen molar-refractivity contribution in [2.24, 2.45) is 0 Å². The van der Waals surface area contributed by atoms with Gasteiger partial charge in [-0.3, -0.25) is 0 Å². The maximum Gasteiger partial charge on any atom is 0.419 e. The Kier molecular flexibility index (Phi) is 7.98. The van der Waals surface area contributed by atoms with Gasteiger partial charge in [0.05, 0.1) is 5.56 Å². The highest BCUT2D eigenvalue weighted by Crippen LogP contribution is 2.39. The molecule has 0 aliphatic heterocycles. The van der Waals surface area contributed by atoms with Crippen molar-refractivity contribution in [3.8, 4) is 28.6 Å². The summed E-state index contributed by atoms with van der Waals surface area (Å²) in [6.07, 6.45) is -4.17. The van der Waals surface area contributed by atoms with Gasteiger partial charge in [0.1, 0.15) is 24.8 Å². The lowest BCUT2D eigenvalue weighted by Gasteiger charge is -2.16. The minimum atomic E-state index is -4.74. The van der Waals surface area contributed by atoms with Gasteiger partial charge in [0.2, 0.25) is 5.82 Å². The molecule has 3 rings (SSSR count). The van der Waals surface area contributed by atoms with Gasteiger partial charge in [-0.25, -0.2) is 8.78 Å². The van der Waals surface area contributed by atoms with Crippen molar-refractivity contribution in [2.45, 2.75) is 19.1 Å². The predicted octanol–water partition coefficient (Wildman–Crippen LogP) is 4.72. The van der Waals surface area contributed by atoms with Crippen LogP contribution in [0.2, 0.25) is 0 Å². The van der Waals surface area contributed by atoms with Crippen molar-refractivity contribution in [1.29, 1.82) is 0 Å². The van der Waals surface area contributed by atoms with E-state index in [0.717, 1.165) is 12.1 Å². The van der Waals surface area contributed by atoms with Gasteiger partial charge in [0.15, 0.2) is 0 Å². The molecule has 11 heteroatoms. The molecule has 0 spiro atoms. The van der Waals surface area contributed by atoms with E-state index in [4.69, 9.17) is 14.4 Å². The second-order valence-corrected chi connectivity index (χ2v) is 7.29. The summed E-state index contributed by atoms with van der Waals surface area (Å²) in [7, 11) is 1.80. The minimum absolute atomic E-state index is 0.00963. The molecule has 0 fully saturated rings. The number of benzene rings is 2. The number of alkyl halides is 4. The highest BCUT2D eigenvalue weighted by atomic mass is 19.4. The van der Waals surface area contributed by atoms with Gasteiger partial charge in [-0.15, -0.1) is 0 Å². The maximum atomic E-state index is 14.6. The second-order valence-electron chi connectivity index (χ2n) is 7.29. The molecule has 0 bridgehead atoms. The van der Waals surface area contributed by atoms with Crippen LogP contribution in [-0.4, -0.2) is 53.6 Å². The number of hydrogen-bond acceptors (Lipinski definition) is 6. The molecule has 0 saturated carbocycles. The van der Waals surface area contributed by atoms with Crippen molar-refractivity contribution in [3.63, 3.8) is 0 Å². The topological polar surface area (TPSA) is 71.6 Å². The fourth-order valence-corrected chi connectivity index (χ4v) is 3.14. The molecular weight excluding hydrogens is 449 g/mol. The van der Waals surface area contributed by atoms with Crippen molar-refractivity contribution >= 4 is 0 Å². The van der Waals surface area contributed by atoms with Crippen LogP contribution in [0.15, 0.2) is 40.9 Å². The van der Waals surface area contributed by atoms with Crippen LogP contribution in [0.5, 0.6) is 5.75 Å². The van der Waals surface area contributed by atoms with E-state index >= 15 is 0 Å². The number of halogens is 5. The van der Waals surface area contributed by atoms with E-state index in [0.29, 0.717) is 30.6 Å². The number of rotatable bonds is 10. The Labute approximate surface area is 186 Å². The second kappa shape index (κ2) is 10.7. The summed E-state index contributed by atoms with van der Waals surface area (Å²) in [4.78, 5) is 5.95. The molecule has 0 atom stereocenters. The van der Waals surface area contributed by atoms with E-state index < -0.39 is 36.6 Å². The molecule has 178 valence electrons. The third kappa shape index (κ3) is 6.26. The summed E-state index contributed by atoms with van der Waals surface area (Å²) in [5.74, 6) is -1.19. The summed E-state index contributed by atoms with van der Waals surface area (Å²) < 4.78 is 76.9. The Morgan fingerprint density at radius 1 is 1.12 bits per heavy atom. The molecule has 2 aromatic carbocycles. The van der Waals surface area contributed by atoms with Crippen LogP contribution in [0.1, 0.15) is 17.5 Å². The summed E-state index contributed by atoms with van der Waals surface area (Å²) in [5.41, 5.74) is -0.394. The zero-order valence-corrected chi connectivity index (χ0v) is 17.7. The fraction of sp³-hybridized carbons (Fsp3) is 0.364. The van der Waals surface area contributed by atoms with Gasteiger partial charge < -0.3 is 19.3 Å². The molecule has 1 N–H and O–H groups in total. The molecule has 0 unspecified atom stereocenters. The predicted molar refractivity (Wildman–Crippen MR) is 110 cm³/mol. The Bertz CT molecular complexity index is 1070. The molecule has 1 heterocycles. The molecule has 0 aliphatic carbocycles. The van der Waals surface area contributed by atoms with Crippen LogP contribution in [-0.2, 0) is 12.7 Å². The van der Waals surface area contributed by atoms with Crippen LogP contribution in [0.4, 0.5) is 22.0 Å². The number of aliphatic hydroxyl groups is 1. The molecular formula is C22H22F5N3O3. The quantitative estimate of drug-likeness (QED) is 0.432. The van der Waals surface area contributed by atoms with E-state index in [1.54, 1.807) is 19.2 Å². The zero-order valence-electron chi connectivity index (χ0n) is 17.7. The van der Waals surface area contributed by atoms with Crippen LogP contribution >= 0.6 is 0 Å². The van der Waals surface area contributed by atoms with Gasteiger partial charge in [0.25, 0.3) is 5.89 Å². The summed E-state index contributed by atoms with van der Waals surface area (Å²) in [5, 5.41) is 12.6. The molecule has 0 radical (unpaired) electrons. The van der Waals surface area contributed by atoms with Crippen LogP contribution in [0.25, 0.3) is 22.8 Å². The van der Waals surface area contributed by atoms with E-state index in [1.165, 1.54) is 12.1 Å². The first-order valence-electron chi connectivity index (χ1n) is 10.0. The number of hydrogen-bond donors (Lipinski definition) is 1. The lowest BCUT2D eigenvalue weighted by Crippen LogP contribution is -2.20. The first kappa shape index (κ1) is 24.6. The highest BCUT2D eigenvalue weighted by Gasteiger charge is 2.35. The molecule has 0 aliphatic rings. The van der Waals surface area contributed by atoms with Crippen LogP contribution in [0.3, 0.4) is 0 Å². The van der Waals surface area contributed by atoms with Crippen LogP contribution in [0, 0.1) is 5.82 Å². The van der Waals surface area contributed by atoms with Crippen molar-refractivity contribution in [3.05, 3.63) is 53.3 Å². The van der Waals surface area contributed by atoms with Gasteiger partial charge in [-0.1, -0.05) is 17.3 Å². The maximum absolute atomic E-state index is 14.6. The van der Waals surface area contributed by atoms with Crippen molar-refractivity contribution in [2.75, 3.05) is 33.5 Å². The van der Waals surface area contributed by atoms with E-state index in [-0.39, 0.29) is 23.9 Å². The van der Waals surface area contributed by atoms with E-state index in [2.05, 4.69) is 10.1 Å². The SMILES string of the molecule is CN(CCCO)Cc1ccc(-c2noc(-c3ccc(OCCF)c(C(F)(F)F)c3)n2)cc1F. The number of ether oxygens (including phenoxy) is 1. The lowest BCUT2D eigenvalue weighted by molar-refractivity contribution is -0.138. The largest absolute Gasteiger partial charge is 0.490 e. The Hall–Kier alpha value is -3.05. The minimum Gasteiger partial charge on any atom is -0.490 e. The third-order valence-corrected chi connectivity index (χ3v) is 4.74. The van der Waals surface area contributed by atoms with Gasteiger partial charge in [-0.05, 0) is 37.7 Å². The standard InChI is InChI=1S/C22H22F5N3O3/c1-30(8-2-9-31)13-16-4-3-14(12-18(16)24)20-28-21(33-29-20)15-5-6-19(32-10-7-23)17(11-15)22(25,26)27/h3-6,11-12,31H,2,7-10,13H2,1H3. The number of aromatic nitrogens is 2. The number of nitrogens with zero attached hydrogens (tertiary/aromatic N) is 3. The van der Waals surface area contributed by atoms with Crippen molar-refractivity contribution < 1.29 is 36.3 Å². The summed E-state index contributed by atoms with van der Waals surface area (Å²) in [6, 6.07) is 7.48. The monoisotopic (exact) mass is 471 g/mol. The first-order chi connectivity index (χ1) is 15.7. The molecule has 6 nitrogen and oxygen atoms in total. The molecule has 0 amide bonds. The van der Waals surface area contributed by atoms with Crippen LogP contribution < -0.4 is 4.74 Å². The Morgan fingerprint density at radius 3 is 2.55 bits per heavy atom. The highest BCUT2D eigenvalue weighted by molar-refractivity contribution is 5.62. The smallest absolute Gasteiger partial charge is 0.419 e. The lowest BCUT2D eigenvalue weighted by atomic mass is 10.1. The van der Waals surface area contributed by atoms with Gasteiger partial charge in [0, 0.05) is 36.4 Å². The van der Waals surface area contributed by atoms with E-state index in [9.17, 15) is 22.0 Å². The summed E-state index contributed by atoms with van der Waals surface area (Å²) in [6.45, 7) is -0.458. The molecule has 1 aromatic heterocycles. The zero-order chi connectivity index (χ0) is 24.0. The van der Waals surface area contributed by atoms with Gasteiger partial charge in [-0.2, -0.15) is 18.2 Å². The first-order valence-corrected chi connectivity index (χ1v) is 10.0. The van der Waals surface area contributed by atoms with E-state index in [1.807, 2.05) is 4.90 Å². The molecule has 33 heavy (non-hydrogen) atoms. The normalized spacial score (nSPS) is 11.9. The average Bonchev–Trinajstić information content (AvgIpc) is 3.27. The van der Waals surface area contributed by atoms with Crippen molar-refractivity contribution in [1.82, 2.24) is 15.0 Å².